The summed E-state index contributed by atoms with van der Waals surface area (Å²) in [7, 11) is 1.58. The topological polar surface area (TPSA) is 55.8 Å². The van der Waals surface area contributed by atoms with Crippen LogP contribution in [-0.2, 0) is 0 Å². The minimum Gasteiger partial charge on any atom is -0.540 e. The Kier molecular flexibility index (Phi) is 6.39. The molecule has 29 heavy (non-hydrogen) atoms. The molecule has 0 aliphatic carbocycles. The number of hydrogen-bond donors (Lipinski definition) is 1. The van der Waals surface area contributed by atoms with Gasteiger partial charge in [0.15, 0.2) is 0 Å². The van der Waals surface area contributed by atoms with E-state index in [0.717, 1.165) is 0 Å². The van der Waals surface area contributed by atoms with Gasteiger partial charge in [-0.05, 0) is 29.3 Å². The Hall–Kier alpha value is -3.05. The smallest absolute Gasteiger partial charge is 0.339 e. The fraction of sp³-hybridized carbons (Fsp3) is 0.208. The lowest BCUT2D eigenvalue weighted by molar-refractivity contribution is 0.0693. The number of carboxylic acids is 1. The van der Waals surface area contributed by atoms with Gasteiger partial charge in [-0.15, -0.1) is 0 Å². The highest BCUT2D eigenvalue weighted by Crippen LogP contribution is 2.45. The van der Waals surface area contributed by atoms with Crippen molar-refractivity contribution in [3.8, 4) is 11.5 Å². The summed E-state index contributed by atoms with van der Waals surface area (Å²) in [6.07, 6.45) is 0. The molecule has 0 bridgehead atoms. The van der Waals surface area contributed by atoms with Crippen LogP contribution in [0.2, 0.25) is 5.04 Å². The molecular weight excluding hydrogens is 380 g/mol. The summed E-state index contributed by atoms with van der Waals surface area (Å²) in [4.78, 5) is 11.5. The van der Waals surface area contributed by atoms with Gasteiger partial charge in [-0.1, -0.05) is 74.5 Å². The van der Waals surface area contributed by atoms with Gasteiger partial charge >= 0.3 is 15.7 Å². The zero-order chi connectivity index (χ0) is 20.9. The molecule has 0 atom stereocenters. The summed E-state index contributed by atoms with van der Waals surface area (Å²) < 4.78 is 11.2. The largest absolute Gasteiger partial charge is 0.540 e. The van der Waals surface area contributed by atoms with E-state index < -0.39 is 5.97 Å². The highest BCUT2D eigenvalue weighted by atomic mass is 28.2. The van der Waals surface area contributed by atoms with Gasteiger partial charge in [-0.2, -0.15) is 0 Å². The van der Waals surface area contributed by atoms with Crippen molar-refractivity contribution in [2.75, 3.05) is 7.11 Å². The third kappa shape index (κ3) is 4.87. The molecule has 0 amide bonds. The fourth-order valence-corrected chi connectivity index (χ4v) is 4.44. The van der Waals surface area contributed by atoms with Crippen molar-refractivity contribution < 1.29 is 19.1 Å². The van der Waals surface area contributed by atoms with E-state index in [4.69, 9.17) is 9.16 Å². The predicted octanol–water partition coefficient (Wildman–Crippen LogP) is 5.42. The van der Waals surface area contributed by atoms with Crippen LogP contribution in [-0.4, -0.2) is 27.9 Å². The zero-order valence-electron chi connectivity index (χ0n) is 16.8. The molecule has 5 heteroatoms. The van der Waals surface area contributed by atoms with E-state index >= 15 is 0 Å². The van der Waals surface area contributed by atoms with E-state index in [2.05, 4.69) is 38.1 Å². The van der Waals surface area contributed by atoms with Crippen LogP contribution in [0.25, 0.3) is 0 Å². The Morgan fingerprint density at radius 2 is 1.48 bits per heavy atom. The third-order valence-corrected chi connectivity index (χ3v) is 5.97. The normalized spacial score (nSPS) is 11.3. The maximum absolute atomic E-state index is 11.5. The number of rotatable bonds is 8. The summed E-state index contributed by atoms with van der Waals surface area (Å²) in [5, 5.41) is 9.19. The van der Waals surface area contributed by atoms with Gasteiger partial charge in [0.05, 0.1) is 7.11 Å². The Bertz CT molecular complexity index is 916. The van der Waals surface area contributed by atoms with Crippen molar-refractivity contribution in [2.45, 2.75) is 24.8 Å². The molecule has 4 nitrogen and oxygen atoms in total. The summed E-state index contributed by atoms with van der Waals surface area (Å²) in [5.74, 6) is -0.0601. The van der Waals surface area contributed by atoms with Gasteiger partial charge in [0, 0.05) is 11.0 Å². The van der Waals surface area contributed by atoms with Gasteiger partial charge < -0.3 is 14.3 Å². The molecule has 0 aromatic heterocycles. The first-order chi connectivity index (χ1) is 13.9. The first-order valence-electron chi connectivity index (χ1n) is 9.37. The molecule has 0 aliphatic rings. The van der Waals surface area contributed by atoms with E-state index in [0.29, 0.717) is 11.5 Å². The second-order valence-electron chi connectivity index (χ2n) is 7.35. The van der Waals surface area contributed by atoms with Crippen LogP contribution in [0, 0.1) is 0 Å². The molecule has 0 spiro atoms. The van der Waals surface area contributed by atoms with Crippen molar-refractivity contribution in [1.82, 2.24) is 0 Å². The van der Waals surface area contributed by atoms with Crippen LogP contribution >= 0.6 is 0 Å². The summed E-state index contributed by atoms with van der Waals surface area (Å²) in [5.41, 5.74) is 2.54. The van der Waals surface area contributed by atoms with E-state index in [9.17, 15) is 9.90 Å². The quantitative estimate of drug-likeness (QED) is 0.509. The average molecular weight is 405 g/mol. The van der Waals surface area contributed by atoms with Gasteiger partial charge in [0.2, 0.25) is 0 Å². The van der Waals surface area contributed by atoms with Crippen LogP contribution in [0.15, 0.2) is 78.9 Å². The maximum atomic E-state index is 11.5. The minimum absolute atomic E-state index is 0.0928. The van der Waals surface area contributed by atoms with E-state index in [1.165, 1.54) is 24.3 Å². The predicted molar refractivity (Wildman–Crippen MR) is 115 cm³/mol. The Balaban J connectivity index is 1.88. The van der Waals surface area contributed by atoms with Crippen molar-refractivity contribution in [3.63, 3.8) is 0 Å². The molecule has 0 saturated carbocycles. The summed E-state index contributed by atoms with van der Waals surface area (Å²) >= 11 is 0. The number of carbonyl (C=O) groups is 1. The number of aromatic carboxylic acids is 1. The molecule has 0 aliphatic heterocycles. The standard InChI is InChI=1S/C24H24O4Si/c1-24(2,29-28-19-14-15-21(27-3)20(16-19)23(25)26)22(17-10-6-4-7-11-17)18-12-8-5-9-13-18/h4-16,22H,1-3H3,(H,25,26). The van der Waals surface area contributed by atoms with Gasteiger partial charge in [0.1, 0.15) is 17.1 Å². The van der Waals surface area contributed by atoms with Gasteiger partial charge in [-0.25, -0.2) is 4.79 Å². The molecular formula is C24H24O4Si. The molecule has 0 heterocycles. The van der Waals surface area contributed by atoms with Crippen molar-refractivity contribution in [3.05, 3.63) is 95.6 Å². The highest BCUT2D eigenvalue weighted by Gasteiger charge is 2.35. The second kappa shape index (κ2) is 8.96. The first kappa shape index (κ1) is 20.7. The number of hydrogen-bond acceptors (Lipinski definition) is 3. The minimum atomic E-state index is -1.04. The number of benzene rings is 3. The Morgan fingerprint density at radius 1 is 0.931 bits per heavy atom. The Labute approximate surface area is 174 Å². The lowest BCUT2D eigenvalue weighted by Gasteiger charge is -2.33. The van der Waals surface area contributed by atoms with Crippen LogP contribution in [0.3, 0.4) is 0 Å². The molecule has 0 fully saturated rings. The molecule has 3 aromatic rings. The summed E-state index contributed by atoms with van der Waals surface area (Å²) in [6.45, 7) is 4.36. The second-order valence-corrected chi connectivity index (χ2v) is 9.04. The lowest BCUT2D eigenvalue weighted by atomic mass is 9.82. The van der Waals surface area contributed by atoms with Gasteiger partial charge in [0.25, 0.3) is 0 Å². The molecule has 3 aromatic carbocycles. The zero-order valence-corrected chi connectivity index (χ0v) is 17.8. The van der Waals surface area contributed by atoms with Gasteiger partial charge in [-0.3, -0.25) is 0 Å². The molecule has 148 valence electrons. The molecule has 3 rings (SSSR count). The lowest BCUT2D eigenvalue weighted by Crippen LogP contribution is -2.27. The molecule has 1 N–H and O–H groups in total. The van der Waals surface area contributed by atoms with Crippen molar-refractivity contribution >= 4 is 15.7 Å². The van der Waals surface area contributed by atoms with E-state index in [1.807, 2.05) is 36.4 Å². The van der Waals surface area contributed by atoms with E-state index in [-0.39, 0.29) is 26.3 Å². The third-order valence-electron chi connectivity index (χ3n) is 4.82. The molecule has 2 radical (unpaired) electrons. The van der Waals surface area contributed by atoms with E-state index in [1.54, 1.807) is 12.1 Å². The summed E-state index contributed by atoms with van der Waals surface area (Å²) in [6, 6.07) is 25.7. The number of carboxylic acid groups (broad SMARTS) is 1. The van der Waals surface area contributed by atoms with Crippen LogP contribution < -0.4 is 9.16 Å². The molecule has 0 saturated heterocycles. The van der Waals surface area contributed by atoms with Crippen molar-refractivity contribution in [2.24, 2.45) is 0 Å². The monoisotopic (exact) mass is 404 g/mol. The fourth-order valence-electron chi connectivity index (χ4n) is 3.48. The SMILES string of the molecule is COc1ccc(O[Si]C(C)(C)C(c2ccccc2)c2ccccc2)cc1C(=O)O. The Morgan fingerprint density at radius 3 is 1.97 bits per heavy atom. The number of methoxy groups -OCH3 is 1. The van der Waals surface area contributed by atoms with Crippen LogP contribution in [0.5, 0.6) is 11.5 Å². The maximum Gasteiger partial charge on any atom is 0.339 e. The average Bonchev–Trinajstić information content (AvgIpc) is 2.73. The number of ether oxygens (including phenoxy) is 1. The first-order valence-corrected chi connectivity index (χ1v) is 10.3. The molecule has 0 unspecified atom stereocenters. The van der Waals surface area contributed by atoms with Crippen LogP contribution in [0.4, 0.5) is 0 Å². The van der Waals surface area contributed by atoms with Crippen molar-refractivity contribution in [1.29, 1.82) is 0 Å². The van der Waals surface area contributed by atoms with Crippen LogP contribution in [0.1, 0.15) is 41.3 Å². The highest BCUT2D eigenvalue weighted by molar-refractivity contribution is 6.33.